The number of nitrogens with one attached hydrogen (secondary N) is 2. The zero-order chi connectivity index (χ0) is 20.6. The monoisotopic (exact) mass is 388 g/mol. The molecule has 2 aliphatic rings. The van der Waals surface area contributed by atoms with Gasteiger partial charge in [-0.3, -0.25) is 9.59 Å². The molecule has 0 spiro atoms. The quantitative estimate of drug-likeness (QED) is 0.685. The maximum Gasteiger partial charge on any atom is 0.329 e. The Bertz CT molecular complexity index is 837. The Balaban J connectivity index is 1.74. The molecule has 1 aromatic rings. The molecule has 0 aliphatic carbocycles. The largest absolute Gasteiger partial charge is 0.481 e. The Morgan fingerprint density at radius 3 is 2.57 bits per heavy atom. The topological polar surface area (TPSA) is 119 Å². The number of carboxylic acid groups (broad SMARTS) is 1. The van der Waals surface area contributed by atoms with Crippen molar-refractivity contribution in [2.75, 3.05) is 23.3 Å². The molecule has 3 N–H and O–H groups in total. The Morgan fingerprint density at radius 1 is 1.25 bits per heavy atom. The second-order valence-corrected chi connectivity index (χ2v) is 7.96. The Kier molecular flexibility index (Phi) is 5.01. The molecule has 2 heterocycles. The summed E-state index contributed by atoms with van der Waals surface area (Å²) in [5.74, 6) is -1.79. The van der Waals surface area contributed by atoms with Gasteiger partial charge in [0.25, 0.3) is 5.91 Å². The molecular weight excluding hydrogens is 364 g/mol. The van der Waals surface area contributed by atoms with Crippen LogP contribution in [0.1, 0.15) is 27.2 Å². The van der Waals surface area contributed by atoms with E-state index in [4.69, 9.17) is 0 Å². The molecule has 1 aromatic carbocycles. The van der Waals surface area contributed by atoms with Gasteiger partial charge in [0.05, 0.1) is 11.6 Å². The third-order valence-electron chi connectivity index (χ3n) is 5.01. The van der Waals surface area contributed by atoms with Crippen LogP contribution in [-0.2, 0) is 9.59 Å². The van der Waals surface area contributed by atoms with Gasteiger partial charge in [0.1, 0.15) is 5.54 Å². The molecule has 5 amide bonds. The molecule has 2 saturated heterocycles. The van der Waals surface area contributed by atoms with Crippen molar-refractivity contribution in [2.24, 2.45) is 11.8 Å². The molecule has 150 valence electrons. The third-order valence-corrected chi connectivity index (χ3v) is 5.01. The highest BCUT2D eigenvalue weighted by atomic mass is 16.4. The maximum absolute atomic E-state index is 12.6. The van der Waals surface area contributed by atoms with Gasteiger partial charge in [-0.2, -0.15) is 0 Å². The number of anilines is 2. The average molecular weight is 388 g/mol. The van der Waals surface area contributed by atoms with Crippen LogP contribution in [0.2, 0.25) is 0 Å². The van der Waals surface area contributed by atoms with Gasteiger partial charge in [-0.15, -0.1) is 0 Å². The molecule has 28 heavy (non-hydrogen) atoms. The van der Waals surface area contributed by atoms with E-state index in [9.17, 15) is 24.3 Å². The molecule has 0 radical (unpaired) electrons. The molecule has 2 aliphatic heterocycles. The Labute approximate surface area is 162 Å². The van der Waals surface area contributed by atoms with E-state index in [0.29, 0.717) is 24.3 Å². The smallest absolute Gasteiger partial charge is 0.329 e. The molecule has 3 rings (SSSR count). The van der Waals surface area contributed by atoms with Crippen LogP contribution >= 0.6 is 0 Å². The van der Waals surface area contributed by atoms with Crippen LogP contribution in [0, 0.1) is 11.8 Å². The summed E-state index contributed by atoms with van der Waals surface area (Å²) in [6.45, 7) is 5.77. The van der Waals surface area contributed by atoms with Crippen LogP contribution in [0.15, 0.2) is 24.3 Å². The number of carboxylic acids is 1. The fourth-order valence-electron chi connectivity index (χ4n) is 3.60. The zero-order valence-corrected chi connectivity index (χ0v) is 16.1. The Morgan fingerprint density at radius 2 is 1.96 bits per heavy atom. The van der Waals surface area contributed by atoms with Gasteiger partial charge in [-0.25, -0.2) is 14.5 Å². The SMILES string of the molecule is CC1CC(C(=O)O)CN(C(=O)Nc2cccc(N3C(=O)NC(C)(C)C3=O)c2)C1. The van der Waals surface area contributed by atoms with Gasteiger partial charge in [0, 0.05) is 18.8 Å². The van der Waals surface area contributed by atoms with Gasteiger partial charge in [0.2, 0.25) is 0 Å². The van der Waals surface area contributed by atoms with Crippen LogP contribution in [0.3, 0.4) is 0 Å². The predicted molar refractivity (Wildman–Crippen MR) is 102 cm³/mol. The number of aliphatic carboxylic acids is 1. The number of carbonyl (C=O) groups is 4. The number of rotatable bonds is 3. The summed E-state index contributed by atoms with van der Waals surface area (Å²) in [5.41, 5.74) is -0.231. The third kappa shape index (κ3) is 3.78. The van der Waals surface area contributed by atoms with Gasteiger partial charge in [-0.1, -0.05) is 13.0 Å². The van der Waals surface area contributed by atoms with Gasteiger partial charge in [0.15, 0.2) is 0 Å². The van der Waals surface area contributed by atoms with Crippen molar-refractivity contribution in [1.29, 1.82) is 0 Å². The highest BCUT2D eigenvalue weighted by molar-refractivity contribution is 6.23. The molecule has 2 atom stereocenters. The lowest BCUT2D eigenvalue weighted by molar-refractivity contribution is -0.143. The first kappa shape index (κ1) is 19.7. The molecule has 2 fully saturated rings. The highest BCUT2D eigenvalue weighted by Crippen LogP contribution is 2.27. The predicted octanol–water partition coefficient (Wildman–Crippen LogP) is 2.10. The van der Waals surface area contributed by atoms with Crippen molar-refractivity contribution in [3.63, 3.8) is 0 Å². The number of benzene rings is 1. The number of imide groups is 1. The molecule has 0 saturated carbocycles. The summed E-state index contributed by atoms with van der Waals surface area (Å²) in [4.78, 5) is 51.0. The number of nitrogens with zero attached hydrogens (tertiary/aromatic N) is 2. The fourth-order valence-corrected chi connectivity index (χ4v) is 3.60. The molecule has 0 bridgehead atoms. The minimum Gasteiger partial charge on any atom is -0.481 e. The van der Waals surface area contributed by atoms with Crippen LogP contribution < -0.4 is 15.5 Å². The van der Waals surface area contributed by atoms with E-state index in [2.05, 4.69) is 10.6 Å². The van der Waals surface area contributed by atoms with Crippen molar-refractivity contribution in [3.05, 3.63) is 24.3 Å². The number of likely N-dealkylation sites (tertiary alicyclic amines) is 1. The summed E-state index contributed by atoms with van der Waals surface area (Å²) in [7, 11) is 0. The van der Waals surface area contributed by atoms with Crippen molar-refractivity contribution in [1.82, 2.24) is 10.2 Å². The van der Waals surface area contributed by atoms with Gasteiger partial charge in [-0.05, 0) is 44.4 Å². The van der Waals surface area contributed by atoms with E-state index in [0.717, 1.165) is 4.90 Å². The van der Waals surface area contributed by atoms with E-state index < -0.39 is 29.5 Å². The van der Waals surface area contributed by atoms with Gasteiger partial charge < -0.3 is 20.6 Å². The summed E-state index contributed by atoms with van der Waals surface area (Å²) < 4.78 is 0. The first-order valence-corrected chi connectivity index (χ1v) is 9.14. The Hall–Kier alpha value is -3.10. The van der Waals surface area contributed by atoms with Crippen molar-refractivity contribution >= 4 is 35.3 Å². The summed E-state index contributed by atoms with van der Waals surface area (Å²) >= 11 is 0. The lowest BCUT2D eigenvalue weighted by Gasteiger charge is -2.34. The standard InChI is InChI=1S/C19H24N4O5/c1-11-7-12(15(24)25)10-22(9-11)17(27)20-13-5-4-6-14(8-13)23-16(26)19(2,3)21-18(23)28/h4-6,8,11-12H,7,9-10H2,1-3H3,(H,20,27)(H,21,28)(H,24,25). The fraction of sp³-hybridized carbons (Fsp3) is 0.474. The first-order valence-electron chi connectivity index (χ1n) is 9.14. The second kappa shape index (κ2) is 7.14. The van der Waals surface area contributed by atoms with Crippen LogP contribution in [-0.4, -0.2) is 52.6 Å². The minimum absolute atomic E-state index is 0.0834. The minimum atomic E-state index is -0.994. The van der Waals surface area contributed by atoms with E-state index in [1.165, 1.54) is 4.90 Å². The lowest BCUT2D eigenvalue weighted by atomic mass is 9.91. The molecule has 9 heteroatoms. The molecular formula is C19H24N4O5. The van der Waals surface area contributed by atoms with E-state index in [-0.39, 0.29) is 18.4 Å². The maximum atomic E-state index is 12.6. The van der Waals surface area contributed by atoms with E-state index in [1.54, 1.807) is 38.1 Å². The van der Waals surface area contributed by atoms with E-state index in [1.807, 2.05) is 6.92 Å². The normalized spacial score (nSPS) is 24.1. The summed E-state index contributed by atoms with van der Waals surface area (Å²) in [5, 5.41) is 14.6. The van der Waals surface area contributed by atoms with Crippen molar-refractivity contribution < 1.29 is 24.3 Å². The molecule has 2 unspecified atom stereocenters. The highest BCUT2D eigenvalue weighted by Gasteiger charge is 2.45. The van der Waals surface area contributed by atoms with Crippen molar-refractivity contribution in [3.8, 4) is 0 Å². The number of urea groups is 2. The van der Waals surface area contributed by atoms with Crippen LogP contribution in [0.5, 0.6) is 0 Å². The number of hydrogen-bond acceptors (Lipinski definition) is 4. The second-order valence-electron chi connectivity index (χ2n) is 7.96. The number of piperidine rings is 1. The number of hydrogen-bond donors (Lipinski definition) is 3. The average Bonchev–Trinajstić information content (AvgIpc) is 2.81. The lowest BCUT2D eigenvalue weighted by Crippen LogP contribution is -2.47. The summed E-state index contributed by atoms with van der Waals surface area (Å²) in [6.07, 6.45) is 0.538. The van der Waals surface area contributed by atoms with Crippen molar-refractivity contribution in [2.45, 2.75) is 32.7 Å². The van der Waals surface area contributed by atoms with Crippen LogP contribution in [0.4, 0.5) is 21.0 Å². The van der Waals surface area contributed by atoms with Crippen LogP contribution in [0.25, 0.3) is 0 Å². The zero-order valence-electron chi connectivity index (χ0n) is 16.1. The van der Waals surface area contributed by atoms with E-state index >= 15 is 0 Å². The van der Waals surface area contributed by atoms with Gasteiger partial charge >= 0.3 is 18.0 Å². The molecule has 9 nitrogen and oxygen atoms in total. The number of amides is 5. The first-order chi connectivity index (χ1) is 13.1. The molecule has 0 aromatic heterocycles. The number of carbonyl (C=O) groups excluding carboxylic acids is 3. The summed E-state index contributed by atoms with van der Waals surface area (Å²) in [6, 6.07) is 5.50.